The number of benzene rings is 1. The topological polar surface area (TPSA) is 46.5 Å². The molecule has 1 aromatic carbocycles. The summed E-state index contributed by atoms with van der Waals surface area (Å²) < 4.78 is 5.42. The number of carboxylic acids is 1. The van der Waals surface area contributed by atoms with Gasteiger partial charge in [0.15, 0.2) is 0 Å². The van der Waals surface area contributed by atoms with E-state index < -0.39 is 5.97 Å². The maximum atomic E-state index is 10.9. The van der Waals surface area contributed by atoms with Gasteiger partial charge in [0, 0.05) is 6.42 Å². The smallest absolute Gasteiger partial charge is 0.306 e. The normalized spacial score (nSPS) is 17.4. The van der Waals surface area contributed by atoms with Gasteiger partial charge in [-0.05, 0) is 23.1 Å². The number of carboxylic acid groups (broad SMARTS) is 1. The Balaban J connectivity index is 2.24. The molecule has 1 aliphatic heterocycles. The van der Waals surface area contributed by atoms with E-state index in [2.05, 4.69) is 6.07 Å². The van der Waals surface area contributed by atoms with E-state index >= 15 is 0 Å². The van der Waals surface area contributed by atoms with Crippen molar-refractivity contribution >= 4 is 5.97 Å². The minimum Gasteiger partial charge on any atom is -0.493 e. The van der Waals surface area contributed by atoms with Crippen LogP contribution >= 0.6 is 0 Å². The number of rotatable bonds is 3. The van der Waals surface area contributed by atoms with Crippen molar-refractivity contribution in [1.29, 1.82) is 0 Å². The van der Waals surface area contributed by atoms with E-state index in [0.29, 0.717) is 0 Å². The molecular weight excluding hydrogens is 204 g/mol. The highest BCUT2D eigenvalue weighted by molar-refractivity contribution is 5.70. The van der Waals surface area contributed by atoms with E-state index in [9.17, 15) is 4.79 Å². The first-order valence-corrected chi connectivity index (χ1v) is 5.58. The summed E-state index contributed by atoms with van der Waals surface area (Å²) in [6, 6.07) is 5.99. The van der Waals surface area contributed by atoms with Crippen molar-refractivity contribution in [3.8, 4) is 5.75 Å². The second kappa shape index (κ2) is 4.16. The summed E-state index contributed by atoms with van der Waals surface area (Å²) in [6.45, 7) is 4.44. The molecule has 0 bridgehead atoms. The summed E-state index contributed by atoms with van der Waals surface area (Å²) in [5.41, 5.74) is 2.28. The second-order valence-corrected chi connectivity index (χ2v) is 4.38. The average Bonchev–Trinajstić information content (AvgIpc) is 2.73. The van der Waals surface area contributed by atoms with Gasteiger partial charge in [-0.25, -0.2) is 0 Å². The van der Waals surface area contributed by atoms with E-state index in [0.717, 1.165) is 24.3 Å². The third-order valence-electron chi connectivity index (χ3n) is 3.38. The van der Waals surface area contributed by atoms with Crippen LogP contribution in [0.4, 0.5) is 0 Å². The Hall–Kier alpha value is -1.51. The number of carbonyl (C=O) groups is 1. The van der Waals surface area contributed by atoms with Crippen LogP contribution in [0.15, 0.2) is 18.2 Å². The zero-order valence-electron chi connectivity index (χ0n) is 9.56. The third-order valence-corrected chi connectivity index (χ3v) is 3.38. The summed E-state index contributed by atoms with van der Waals surface area (Å²) in [4.78, 5) is 10.9. The van der Waals surface area contributed by atoms with E-state index in [1.54, 1.807) is 6.92 Å². The van der Waals surface area contributed by atoms with Crippen LogP contribution < -0.4 is 4.74 Å². The minimum atomic E-state index is -0.746. The highest BCUT2D eigenvalue weighted by Gasteiger charge is 2.22. The lowest BCUT2D eigenvalue weighted by molar-refractivity contribution is -0.141. The predicted molar refractivity (Wildman–Crippen MR) is 60.9 cm³/mol. The Morgan fingerprint density at radius 3 is 2.88 bits per heavy atom. The van der Waals surface area contributed by atoms with Gasteiger partial charge < -0.3 is 9.84 Å². The van der Waals surface area contributed by atoms with Gasteiger partial charge in [-0.2, -0.15) is 0 Å². The fourth-order valence-electron chi connectivity index (χ4n) is 1.99. The number of fused-ring (bicyclic) bond motifs is 1. The van der Waals surface area contributed by atoms with Gasteiger partial charge in [0.25, 0.3) is 0 Å². The fraction of sp³-hybridized carbons (Fsp3) is 0.462. The van der Waals surface area contributed by atoms with Gasteiger partial charge in [0.1, 0.15) is 5.75 Å². The fourth-order valence-corrected chi connectivity index (χ4v) is 1.99. The third kappa shape index (κ3) is 1.90. The summed E-state index contributed by atoms with van der Waals surface area (Å²) in [5, 5.41) is 8.98. The molecule has 16 heavy (non-hydrogen) atoms. The van der Waals surface area contributed by atoms with Crippen LogP contribution in [0, 0.1) is 5.92 Å². The van der Waals surface area contributed by atoms with Crippen molar-refractivity contribution in [2.24, 2.45) is 5.92 Å². The quantitative estimate of drug-likeness (QED) is 0.851. The standard InChI is InChI=1S/C13H16O3/c1-8(9(2)13(14)15)10-3-4-12-11(7-10)5-6-16-12/h3-4,7-9H,5-6H2,1-2H3,(H,14,15). The number of hydrogen-bond acceptors (Lipinski definition) is 2. The van der Waals surface area contributed by atoms with E-state index in [1.165, 1.54) is 5.56 Å². The molecule has 2 atom stereocenters. The number of ether oxygens (including phenoxy) is 1. The van der Waals surface area contributed by atoms with Crippen molar-refractivity contribution in [3.05, 3.63) is 29.3 Å². The summed E-state index contributed by atoms with van der Waals surface area (Å²) >= 11 is 0. The van der Waals surface area contributed by atoms with Gasteiger partial charge in [-0.3, -0.25) is 4.79 Å². The molecule has 0 amide bonds. The summed E-state index contributed by atoms with van der Waals surface area (Å²) in [5.74, 6) is -0.132. The molecular formula is C13H16O3. The van der Waals surface area contributed by atoms with Crippen LogP contribution in [0.2, 0.25) is 0 Å². The Morgan fingerprint density at radius 1 is 1.44 bits per heavy atom. The molecule has 0 aromatic heterocycles. The van der Waals surface area contributed by atoms with E-state index in [1.807, 2.05) is 19.1 Å². The molecule has 0 spiro atoms. The van der Waals surface area contributed by atoms with Gasteiger partial charge in [-0.15, -0.1) is 0 Å². The van der Waals surface area contributed by atoms with Crippen molar-refractivity contribution < 1.29 is 14.6 Å². The first kappa shape index (κ1) is 11.0. The van der Waals surface area contributed by atoms with Crippen LogP contribution in [-0.2, 0) is 11.2 Å². The molecule has 0 fully saturated rings. The van der Waals surface area contributed by atoms with Crippen LogP contribution in [0.25, 0.3) is 0 Å². The number of hydrogen-bond donors (Lipinski definition) is 1. The SMILES string of the molecule is CC(C(=O)O)C(C)c1ccc2c(c1)CCO2. The monoisotopic (exact) mass is 220 g/mol. The van der Waals surface area contributed by atoms with Crippen molar-refractivity contribution in [1.82, 2.24) is 0 Å². The maximum absolute atomic E-state index is 10.9. The molecule has 1 aromatic rings. The Morgan fingerprint density at radius 2 is 2.19 bits per heavy atom. The highest BCUT2D eigenvalue weighted by Crippen LogP contribution is 2.31. The van der Waals surface area contributed by atoms with Crippen molar-refractivity contribution in [2.75, 3.05) is 6.61 Å². The number of aliphatic carboxylic acids is 1. The second-order valence-electron chi connectivity index (χ2n) is 4.38. The molecule has 1 aliphatic rings. The average molecular weight is 220 g/mol. The Kier molecular flexibility index (Phi) is 2.86. The van der Waals surface area contributed by atoms with E-state index in [-0.39, 0.29) is 11.8 Å². The Bertz CT molecular complexity index is 412. The molecule has 1 N–H and O–H groups in total. The zero-order valence-corrected chi connectivity index (χ0v) is 9.56. The van der Waals surface area contributed by atoms with Crippen LogP contribution in [0.3, 0.4) is 0 Å². The molecule has 2 rings (SSSR count). The molecule has 0 radical (unpaired) electrons. The predicted octanol–water partition coefficient (Wildman–Crippen LogP) is 2.45. The lowest BCUT2D eigenvalue weighted by Gasteiger charge is -2.17. The van der Waals surface area contributed by atoms with Crippen LogP contribution in [0.5, 0.6) is 5.75 Å². The largest absolute Gasteiger partial charge is 0.493 e. The molecule has 3 heteroatoms. The van der Waals surface area contributed by atoms with Gasteiger partial charge >= 0.3 is 5.97 Å². The summed E-state index contributed by atoms with van der Waals surface area (Å²) in [7, 11) is 0. The van der Waals surface area contributed by atoms with Crippen molar-refractivity contribution in [3.63, 3.8) is 0 Å². The van der Waals surface area contributed by atoms with Crippen LogP contribution in [0.1, 0.15) is 30.9 Å². The molecule has 86 valence electrons. The van der Waals surface area contributed by atoms with Crippen molar-refractivity contribution in [2.45, 2.75) is 26.2 Å². The van der Waals surface area contributed by atoms with E-state index in [4.69, 9.17) is 9.84 Å². The first-order chi connectivity index (χ1) is 7.59. The molecule has 0 saturated heterocycles. The zero-order chi connectivity index (χ0) is 11.7. The lowest BCUT2D eigenvalue weighted by atomic mass is 9.88. The molecule has 1 heterocycles. The maximum Gasteiger partial charge on any atom is 0.306 e. The molecule has 3 nitrogen and oxygen atoms in total. The minimum absolute atomic E-state index is 0.0309. The molecule has 2 unspecified atom stereocenters. The lowest BCUT2D eigenvalue weighted by Crippen LogP contribution is -2.16. The Labute approximate surface area is 95.0 Å². The van der Waals surface area contributed by atoms with Gasteiger partial charge in [0.2, 0.25) is 0 Å². The van der Waals surface area contributed by atoms with Crippen LogP contribution in [-0.4, -0.2) is 17.7 Å². The first-order valence-electron chi connectivity index (χ1n) is 5.58. The van der Waals surface area contributed by atoms with Gasteiger partial charge in [-0.1, -0.05) is 26.0 Å². The highest BCUT2D eigenvalue weighted by atomic mass is 16.5. The molecule has 0 saturated carbocycles. The summed E-state index contributed by atoms with van der Waals surface area (Å²) in [6.07, 6.45) is 0.928. The van der Waals surface area contributed by atoms with Gasteiger partial charge in [0.05, 0.1) is 12.5 Å². The molecule has 0 aliphatic carbocycles.